The molecule has 0 aromatic carbocycles. The Labute approximate surface area is 101 Å². The molecule has 2 bridgehead atoms. The second-order valence-electron chi connectivity index (χ2n) is 7.60. The molecule has 3 rings (SSSR count). The van der Waals surface area contributed by atoms with Crippen LogP contribution in [0.15, 0.2) is 0 Å². The van der Waals surface area contributed by atoms with E-state index in [0.717, 1.165) is 12.1 Å². The molecule has 0 spiro atoms. The number of piperidine rings is 1. The maximum atomic E-state index is 2.74. The molecule has 3 heterocycles. The highest BCUT2D eigenvalue weighted by molar-refractivity contribution is 5.10. The van der Waals surface area contributed by atoms with Gasteiger partial charge in [-0.1, -0.05) is 0 Å². The van der Waals surface area contributed by atoms with Crippen LogP contribution in [-0.4, -0.2) is 45.5 Å². The van der Waals surface area contributed by atoms with Gasteiger partial charge in [0.25, 0.3) is 0 Å². The zero-order chi connectivity index (χ0) is 12.3. The summed E-state index contributed by atoms with van der Waals surface area (Å²) in [5.41, 5.74) is 0.659. The molecule has 0 aromatic rings. The lowest BCUT2D eigenvalue weighted by atomic mass is 9.76. The standard InChI is InChI=1S/C14H28N2/c1-10-12-8-11(16(12)14(5,6)7)9-15(10)13(2,3)4/h10-12H,8-9H2,1-7H3. The molecule has 0 radical (unpaired) electrons. The van der Waals surface area contributed by atoms with Crippen LogP contribution in [0.1, 0.15) is 54.9 Å². The zero-order valence-corrected chi connectivity index (χ0v) is 12.0. The Morgan fingerprint density at radius 3 is 1.88 bits per heavy atom. The van der Waals surface area contributed by atoms with E-state index < -0.39 is 0 Å². The smallest absolute Gasteiger partial charge is 0.0273 e. The number of nitrogens with zero attached hydrogens (tertiary/aromatic N) is 2. The van der Waals surface area contributed by atoms with E-state index in [1.54, 1.807) is 0 Å². The normalized spacial score (nSPS) is 37.3. The van der Waals surface area contributed by atoms with Crippen LogP contribution < -0.4 is 0 Å². The fourth-order valence-corrected chi connectivity index (χ4v) is 3.76. The highest BCUT2D eigenvalue weighted by atomic mass is 15.4. The Kier molecular flexibility index (Phi) is 2.67. The van der Waals surface area contributed by atoms with Crippen LogP contribution in [0.25, 0.3) is 0 Å². The molecule has 3 saturated heterocycles. The van der Waals surface area contributed by atoms with E-state index in [2.05, 4.69) is 58.3 Å². The number of piperazine rings is 1. The molecule has 0 amide bonds. The van der Waals surface area contributed by atoms with Crippen molar-refractivity contribution < 1.29 is 0 Å². The lowest BCUT2D eigenvalue weighted by Gasteiger charge is -2.66. The van der Waals surface area contributed by atoms with E-state index in [-0.39, 0.29) is 0 Å². The lowest BCUT2D eigenvalue weighted by Crippen LogP contribution is -2.77. The summed E-state index contributed by atoms with van der Waals surface area (Å²) < 4.78 is 0. The Bertz CT molecular complexity index is 255. The topological polar surface area (TPSA) is 6.48 Å². The molecule has 3 aliphatic heterocycles. The second kappa shape index (κ2) is 3.46. The number of fused-ring (bicyclic) bond motifs is 2. The van der Waals surface area contributed by atoms with E-state index in [4.69, 9.17) is 0 Å². The predicted molar refractivity (Wildman–Crippen MR) is 69.7 cm³/mol. The van der Waals surface area contributed by atoms with Crippen molar-refractivity contribution in [1.29, 1.82) is 0 Å². The first kappa shape index (κ1) is 12.4. The molecule has 94 valence electrons. The van der Waals surface area contributed by atoms with Crippen molar-refractivity contribution >= 4 is 0 Å². The summed E-state index contributed by atoms with van der Waals surface area (Å²) in [5.74, 6) is 0. The third kappa shape index (κ3) is 1.80. The van der Waals surface area contributed by atoms with Crippen LogP contribution in [0.2, 0.25) is 0 Å². The number of rotatable bonds is 0. The fraction of sp³-hybridized carbons (Fsp3) is 1.00. The Morgan fingerprint density at radius 2 is 1.50 bits per heavy atom. The summed E-state index contributed by atoms with van der Waals surface area (Å²) in [7, 11) is 0. The van der Waals surface area contributed by atoms with Gasteiger partial charge in [-0.05, 0) is 54.9 Å². The Morgan fingerprint density at radius 1 is 0.938 bits per heavy atom. The molecule has 3 atom stereocenters. The van der Waals surface area contributed by atoms with Crippen LogP contribution in [0, 0.1) is 0 Å². The number of hydrogen-bond acceptors (Lipinski definition) is 2. The average Bonchev–Trinajstić information content (AvgIpc) is 1.96. The maximum Gasteiger partial charge on any atom is 0.0273 e. The third-order valence-corrected chi connectivity index (χ3v) is 4.36. The Hall–Kier alpha value is -0.0800. The minimum atomic E-state index is 0.320. The van der Waals surface area contributed by atoms with Gasteiger partial charge >= 0.3 is 0 Å². The van der Waals surface area contributed by atoms with Gasteiger partial charge in [0.2, 0.25) is 0 Å². The average molecular weight is 224 g/mol. The zero-order valence-electron chi connectivity index (χ0n) is 12.0. The van der Waals surface area contributed by atoms with E-state index in [1.807, 2.05) is 0 Å². The van der Waals surface area contributed by atoms with E-state index >= 15 is 0 Å². The van der Waals surface area contributed by atoms with Crippen molar-refractivity contribution in [2.45, 2.75) is 84.1 Å². The van der Waals surface area contributed by atoms with Gasteiger partial charge in [-0.3, -0.25) is 9.80 Å². The van der Waals surface area contributed by atoms with Gasteiger partial charge in [0, 0.05) is 35.7 Å². The molecular formula is C14H28N2. The molecule has 0 aromatic heterocycles. The van der Waals surface area contributed by atoms with Crippen molar-refractivity contribution in [2.24, 2.45) is 0 Å². The molecule has 0 saturated carbocycles. The molecule has 16 heavy (non-hydrogen) atoms. The van der Waals surface area contributed by atoms with Crippen LogP contribution >= 0.6 is 0 Å². The van der Waals surface area contributed by atoms with Crippen LogP contribution in [0.5, 0.6) is 0 Å². The van der Waals surface area contributed by atoms with Crippen molar-refractivity contribution in [3.05, 3.63) is 0 Å². The summed E-state index contributed by atoms with van der Waals surface area (Å²) in [6, 6.07) is 2.27. The van der Waals surface area contributed by atoms with Crippen LogP contribution in [0.3, 0.4) is 0 Å². The van der Waals surface area contributed by atoms with E-state index in [0.29, 0.717) is 17.1 Å². The molecule has 3 aliphatic rings. The van der Waals surface area contributed by atoms with Crippen molar-refractivity contribution in [3.63, 3.8) is 0 Å². The molecule has 2 heteroatoms. The van der Waals surface area contributed by atoms with Gasteiger partial charge in [0.1, 0.15) is 0 Å². The van der Waals surface area contributed by atoms with Crippen molar-refractivity contribution in [1.82, 2.24) is 9.80 Å². The fourth-order valence-electron chi connectivity index (χ4n) is 3.76. The van der Waals surface area contributed by atoms with Gasteiger partial charge in [0.05, 0.1) is 0 Å². The highest BCUT2D eigenvalue weighted by Gasteiger charge is 2.54. The maximum absolute atomic E-state index is 2.74. The van der Waals surface area contributed by atoms with Crippen LogP contribution in [-0.2, 0) is 0 Å². The SMILES string of the molecule is CC1C2CC(CN1C(C)(C)C)N2C(C)(C)C. The monoisotopic (exact) mass is 224 g/mol. The van der Waals surface area contributed by atoms with Crippen LogP contribution in [0.4, 0.5) is 0 Å². The minimum absolute atomic E-state index is 0.320. The van der Waals surface area contributed by atoms with Gasteiger partial charge in [-0.15, -0.1) is 0 Å². The molecule has 3 unspecified atom stereocenters. The summed E-state index contributed by atoms with van der Waals surface area (Å²) in [5, 5.41) is 0. The first-order valence-corrected chi connectivity index (χ1v) is 6.67. The van der Waals surface area contributed by atoms with Gasteiger partial charge < -0.3 is 0 Å². The summed E-state index contributed by atoms with van der Waals surface area (Å²) >= 11 is 0. The lowest BCUT2D eigenvalue weighted by molar-refractivity contribution is -0.164. The molecule has 2 nitrogen and oxygen atoms in total. The highest BCUT2D eigenvalue weighted by Crippen LogP contribution is 2.43. The van der Waals surface area contributed by atoms with Gasteiger partial charge in [-0.25, -0.2) is 0 Å². The van der Waals surface area contributed by atoms with E-state index in [1.165, 1.54) is 13.0 Å². The molecule has 0 aliphatic carbocycles. The quantitative estimate of drug-likeness (QED) is 0.624. The summed E-state index contributed by atoms with van der Waals surface area (Å²) in [4.78, 5) is 5.42. The summed E-state index contributed by atoms with van der Waals surface area (Å²) in [6.45, 7) is 17.7. The predicted octanol–water partition coefficient (Wildman–Crippen LogP) is 2.73. The first-order chi connectivity index (χ1) is 7.12. The molecule has 3 fully saturated rings. The second-order valence-corrected chi connectivity index (χ2v) is 7.60. The first-order valence-electron chi connectivity index (χ1n) is 6.67. The van der Waals surface area contributed by atoms with Crippen molar-refractivity contribution in [2.75, 3.05) is 6.54 Å². The number of hydrogen-bond donors (Lipinski definition) is 0. The largest absolute Gasteiger partial charge is 0.293 e. The van der Waals surface area contributed by atoms with Gasteiger partial charge in [-0.2, -0.15) is 0 Å². The van der Waals surface area contributed by atoms with E-state index in [9.17, 15) is 0 Å². The molecular weight excluding hydrogens is 196 g/mol. The van der Waals surface area contributed by atoms with Crippen molar-refractivity contribution in [3.8, 4) is 0 Å². The third-order valence-electron chi connectivity index (χ3n) is 4.36. The van der Waals surface area contributed by atoms with Gasteiger partial charge in [0.15, 0.2) is 0 Å². The minimum Gasteiger partial charge on any atom is -0.293 e. The Balaban J connectivity index is 2.14. The summed E-state index contributed by atoms with van der Waals surface area (Å²) in [6.07, 6.45) is 1.41. The molecule has 0 N–H and O–H groups in total.